The Morgan fingerprint density at radius 3 is 2.52 bits per heavy atom. The minimum atomic E-state index is -1.17. The van der Waals surface area contributed by atoms with Crippen LogP contribution in [0.5, 0.6) is 0 Å². The quantitative estimate of drug-likeness (QED) is 0.422. The average molecular weight is 397 g/mol. The van der Waals surface area contributed by atoms with Crippen LogP contribution in [0.15, 0.2) is 36.4 Å². The number of carbonyl (C=O) groups excluding carboxylic acids is 3. The maximum absolute atomic E-state index is 13.0. The molecule has 1 unspecified atom stereocenters. The molecule has 154 valence electrons. The summed E-state index contributed by atoms with van der Waals surface area (Å²) in [6.45, 7) is 6.59. The van der Waals surface area contributed by atoms with Gasteiger partial charge in [0.2, 0.25) is 0 Å². The predicted molar refractivity (Wildman–Crippen MR) is 109 cm³/mol. The molecule has 1 aromatic heterocycles. The van der Waals surface area contributed by atoms with Gasteiger partial charge in [0.05, 0.1) is 6.54 Å². The van der Waals surface area contributed by atoms with Gasteiger partial charge in [-0.2, -0.15) is 0 Å². The van der Waals surface area contributed by atoms with Crippen molar-refractivity contribution >= 4 is 17.7 Å². The second-order valence-corrected chi connectivity index (χ2v) is 7.52. The summed E-state index contributed by atoms with van der Waals surface area (Å²) in [5.74, 6) is -0.673. The Bertz CT molecular complexity index is 935. The first-order valence-corrected chi connectivity index (χ1v) is 9.68. The molecule has 0 aliphatic carbocycles. The van der Waals surface area contributed by atoms with Crippen LogP contribution in [0.3, 0.4) is 0 Å². The molecule has 1 aromatic carbocycles. The number of ketones is 1. The number of carbonyl (C=O) groups is 3. The van der Waals surface area contributed by atoms with E-state index in [1.165, 1.54) is 0 Å². The summed E-state index contributed by atoms with van der Waals surface area (Å²) in [5, 5.41) is 2.73. The maximum atomic E-state index is 13.0. The third-order valence-corrected chi connectivity index (χ3v) is 5.53. The zero-order chi connectivity index (χ0) is 21.2. The molecule has 7 nitrogen and oxygen atoms in total. The van der Waals surface area contributed by atoms with Crippen LogP contribution in [0.25, 0.3) is 0 Å². The summed E-state index contributed by atoms with van der Waals surface area (Å²) in [5.41, 5.74) is 1.85. The van der Waals surface area contributed by atoms with E-state index in [0.717, 1.165) is 29.3 Å². The third kappa shape index (κ3) is 3.82. The number of urea groups is 1. The fourth-order valence-electron chi connectivity index (χ4n) is 3.83. The standard InChI is InChI=1S/C22H27N3O4/c1-15-13-18(16(2)24(15)11-8-12-29-4)19(26)14-25-20(27)22(3,23-21(25)28)17-9-6-5-7-10-17/h5-7,9-10,13H,8,11-12,14H2,1-4H3,(H,23,28). The molecule has 2 aromatic rings. The highest BCUT2D eigenvalue weighted by atomic mass is 16.5. The number of ether oxygens (including phenoxy) is 1. The van der Waals surface area contributed by atoms with Crippen molar-refractivity contribution in [2.75, 3.05) is 20.3 Å². The lowest BCUT2D eigenvalue weighted by atomic mass is 9.92. The maximum Gasteiger partial charge on any atom is 0.325 e. The summed E-state index contributed by atoms with van der Waals surface area (Å²) in [6.07, 6.45) is 0.836. The zero-order valence-corrected chi connectivity index (χ0v) is 17.3. The molecule has 3 rings (SSSR count). The highest BCUT2D eigenvalue weighted by Gasteiger charge is 2.49. The Balaban J connectivity index is 1.78. The topological polar surface area (TPSA) is 80.6 Å². The molecule has 1 aliphatic heterocycles. The van der Waals surface area contributed by atoms with E-state index in [2.05, 4.69) is 9.88 Å². The molecule has 29 heavy (non-hydrogen) atoms. The molecule has 0 radical (unpaired) electrons. The summed E-state index contributed by atoms with van der Waals surface area (Å²) >= 11 is 0. The first-order valence-electron chi connectivity index (χ1n) is 9.68. The van der Waals surface area contributed by atoms with E-state index in [1.807, 2.05) is 38.1 Å². The number of imide groups is 1. The molecule has 3 amide bonds. The van der Waals surface area contributed by atoms with E-state index in [-0.39, 0.29) is 12.3 Å². The molecule has 0 bridgehead atoms. The van der Waals surface area contributed by atoms with Gasteiger partial charge in [0.25, 0.3) is 5.91 Å². The smallest absolute Gasteiger partial charge is 0.325 e. The van der Waals surface area contributed by atoms with E-state index in [4.69, 9.17) is 4.74 Å². The van der Waals surface area contributed by atoms with Gasteiger partial charge in [-0.15, -0.1) is 0 Å². The summed E-state index contributed by atoms with van der Waals surface area (Å²) in [6, 6.07) is 10.3. The molecule has 7 heteroatoms. The van der Waals surface area contributed by atoms with Crippen molar-refractivity contribution in [2.45, 2.75) is 39.3 Å². The average Bonchev–Trinajstić information content (AvgIpc) is 3.11. The Hall–Kier alpha value is -2.93. The van der Waals surface area contributed by atoms with E-state index < -0.39 is 17.5 Å². The van der Waals surface area contributed by atoms with Crippen molar-refractivity contribution in [1.82, 2.24) is 14.8 Å². The van der Waals surface area contributed by atoms with Gasteiger partial charge >= 0.3 is 6.03 Å². The fraction of sp³-hybridized carbons (Fsp3) is 0.409. The number of aryl methyl sites for hydroxylation is 1. The molecule has 1 N–H and O–H groups in total. The highest BCUT2D eigenvalue weighted by Crippen LogP contribution is 2.29. The number of aromatic nitrogens is 1. The van der Waals surface area contributed by atoms with Crippen LogP contribution in [-0.2, 0) is 21.6 Å². The van der Waals surface area contributed by atoms with Crippen molar-refractivity contribution in [3.63, 3.8) is 0 Å². The molecule has 2 heterocycles. The number of nitrogens with one attached hydrogen (secondary N) is 1. The van der Waals surface area contributed by atoms with E-state index >= 15 is 0 Å². The predicted octanol–water partition coefficient (Wildman–Crippen LogP) is 2.79. The number of hydrogen-bond donors (Lipinski definition) is 1. The summed E-state index contributed by atoms with van der Waals surface area (Å²) in [4.78, 5) is 39.5. The van der Waals surface area contributed by atoms with Gasteiger partial charge in [0, 0.05) is 37.2 Å². The van der Waals surface area contributed by atoms with Crippen LogP contribution in [0.4, 0.5) is 4.79 Å². The molecule has 0 saturated carbocycles. The Labute approximate surface area is 170 Å². The van der Waals surface area contributed by atoms with Gasteiger partial charge in [-0.3, -0.25) is 14.5 Å². The van der Waals surface area contributed by atoms with Gasteiger partial charge in [-0.25, -0.2) is 4.79 Å². The first kappa shape index (κ1) is 20.8. The van der Waals surface area contributed by atoms with Crippen LogP contribution in [-0.4, -0.2) is 47.4 Å². The van der Waals surface area contributed by atoms with Gasteiger partial charge in [-0.1, -0.05) is 30.3 Å². The third-order valence-electron chi connectivity index (χ3n) is 5.53. The number of hydrogen-bond acceptors (Lipinski definition) is 4. The lowest BCUT2D eigenvalue weighted by Gasteiger charge is -2.22. The number of amides is 3. The Morgan fingerprint density at radius 1 is 1.17 bits per heavy atom. The van der Waals surface area contributed by atoms with Gasteiger partial charge in [-0.05, 0) is 38.8 Å². The van der Waals surface area contributed by atoms with Crippen LogP contribution in [0.1, 0.15) is 40.7 Å². The normalized spacial score (nSPS) is 19.0. The molecular formula is C22H27N3O4. The van der Waals surface area contributed by atoms with Crippen molar-refractivity contribution in [1.29, 1.82) is 0 Å². The monoisotopic (exact) mass is 397 g/mol. The first-order chi connectivity index (χ1) is 13.8. The summed E-state index contributed by atoms with van der Waals surface area (Å²) in [7, 11) is 1.66. The fourth-order valence-corrected chi connectivity index (χ4v) is 3.83. The van der Waals surface area contributed by atoms with Crippen molar-refractivity contribution in [2.24, 2.45) is 0 Å². The number of nitrogens with zero attached hydrogens (tertiary/aromatic N) is 2. The van der Waals surface area contributed by atoms with Crippen molar-refractivity contribution < 1.29 is 19.1 Å². The largest absolute Gasteiger partial charge is 0.385 e. The molecule has 1 saturated heterocycles. The molecule has 0 spiro atoms. The number of methoxy groups -OCH3 is 1. The SMILES string of the molecule is COCCCn1c(C)cc(C(=O)CN2C(=O)NC(C)(c3ccccc3)C2=O)c1C. The number of rotatable bonds is 8. The second-order valence-electron chi connectivity index (χ2n) is 7.52. The molecule has 1 aliphatic rings. The molecule has 1 atom stereocenters. The van der Waals surface area contributed by atoms with E-state index in [9.17, 15) is 14.4 Å². The lowest BCUT2D eigenvalue weighted by molar-refractivity contribution is -0.130. The van der Waals surface area contributed by atoms with Crippen LogP contribution in [0.2, 0.25) is 0 Å². The number of benzene rings is 1. The van der Waals surface area contributed by atoms with Crippen LogP contribution < -0.4 is 5.32 Å². The van der Waals surface area contributed by atoms with Gasteiger partial charge in [0.1, 0.15) is 5.54 Å². The minimum Gasteiger partial charge on any atom is -0.385 e. The van der Waals surface area contributed by atoms with Gasteiger partial charge in [0.15, 0.2) is 5.78 Å². The summed E-state index contributed by atoms with van der Waals surface area (Å²) < 4.78 is 7.16. The molecule has 1 fully saturated rings. The van der Waals surface area contributed by atoms with Gasteiger partial charge < -0.3 is 14.6 Å². The van der Waals surface area contributed by atoms with E-state index in [1.54, 1.807) is 26.2 Å². The Morgan fingerprint density at radius 2 is 1.86 bits per heavy atom. The van der Waals surface area contributed by atoms with E-state index in [0.29, 0.717) is 17.7 Å². The Kier molecular flexibility index (Phi) is 5.88. The van der Waals surface area contributed by atoms with Crippen LogP contribution >= 0.6 is 0 Å². The van der Waals surface area contributed by atoms with Crippen molar-refractivity contribution in [3.05, 3.63) is 58.9 Å². The zero-order valence-electron chi connectivity index (χ0n) is 17.3. The molecular weight excluding hydrogens is 370 g/mol. The number of Topliss-reactive ketones (excluding diaryl/α,β-unsaturated/α-hetero) is 1. The highest BCUT2D eigenvalue weighted by molar-refractivity contribution is 6.11. The van der Waals surface area contributed by atoms with Crippen molar-refractivity contribution in [3.8, 4) is 0 Å². The lowest BCUT2D eigenvalue weighted by Crippen LogP contribution is -2.41. The van der Waals surface area contributed by atoms with Crippen LogP contribution in [0, 0.1) is 13.8 Å². The minimum absolute atomic E-state index is 0.253. The second kappa shape index (κ2) is 8.21.